The van der Waals surface area contributed by atoms with Gasteiger partial charge in [-0.05, 0) is 36.4 Å². The molecule has 1 N–H and O–H groups in total. The van der Waals surface area contributed by atoms with Crippen LogP contribution in [0.15, 0.2) is 41.5 Å². The van der Waals surface area contributed by atoms with E-state index in [1.807, 2.05) is 0 Å². The normalized spacial score (nSPS) is 10.5. The molecule has 24 heavy (non-hydrogen) atoms. The Balaban J connectivity index is 2.17. The molecule has 0 radical (unpaired) electrons. The number of ether oxygens (including phenoxy) is 3. The molecule has 7 heteroatoms. The first-order valence-electron chi connectivity index (χ1n) is 6.98. The standard InChI is InChI=1S/C17H17ClN2O4/c1-22-13-5-7-15(23-2)11(8-13)10-19-20-17(21)14-9-12(18)4-6-16(14)24-3/h4-10H,1-3H3,(H,20,21). The van der Waals surface area contributed by atoms with Crippen molar-refractivity contribution < 1.29 is 19.0 Å². The van der Waals surface area contributed by atoms with Gasteiger partial charge in [0.25, 0.3) is 5.91 Å². The molecule has 2 aromatic carbocycles. The number of hydrogen-bond acceptors (Lipinski definition) is 5. The maximum absolute atomic E-state index is 12.2. The predicted molar refractivity (Wildman–Crippen MR) is 92.6 cm³/mol. The molecule has 2 rings (SSSR count). The van der Waals surface area contributed by atoms with E-state index in [4.69, 9.17) is 25.8 Å². The Bertz CT molecular complexity index is 762. The minimum absolute atomic E-state index is 0.291. The lowest BCUT2D eigenvalue weighted by molar-refractivity contribution is 0.0952. The van der Waals surface area contributed by atoms with E-state index < -0.39 is 5.91 Å². The second-order valence-electron chi connectivity index (χ2n) is 4.65. The largest absolute Gasteiger partial charge is 0.497 e. The number of carbonyl (C=O) groups excluding carboxylic acids is 1. The van der Waals surface area contributed by atoms with Gasteiger partial charge >= 0.3 is 0 Å². The number of nitrogens with zero attached hydrogens (tertiary/aromatic N) is 1. The summed E-state index contributed by atoms with van der Waals surface area (Å²) in [6.45, 7) is 0. The van der Waals surface area contributed by atoms with E-state index in [1.54, 1.807) is 44.6 Å². The summed E-state index contributed by atoms with van der Waals surface area (Å²) < 4.78 is 15.5. The van der Waals surface area contributed by atoms with E-state index in [-0.39, 0.29) is 0 Å². The molecule has 0 aromatic heterocycles. The first kappa shape index (κ1) is 17.6. The molecule has 0 atom stereocenters. The monoisotopic (exact) mass is 348 g/mol. The Morgan fingerprint density at radius 2 is 1.75 bits per heavy atom. The van der Waals surface area contributed by atoms with Crippen LogP contribution in [0.4, 0.5) is 0 Å². The van der Waals surface area contributed by atoms with Crippen LogP contribution in [0.3, 0.4) is 0 Å². The summed E-state index contributed by atoms with van der Waals surface area (Å²) in [6, 6.07) is 10.0. The van der Waals surface area contributed by atoms with Gasteiger partial charge in [-0.3, -0.25) is 4.79 Å². The molecule has 0 aliphatic heterocycles. The lowest BCUT2D eigenvalue weighted by atomic mass is 10.2. The van der Waals surface area contributed by atoms with Gasteiger partial charge < -0.3 is 14.2 Å². The lowest BCUT2D eigenvalue weighted by Gasteiger charge is -2.08. The van der Waals surface area contributed by atoms with E-state index in [0.29, 0.717) is 33.4 Å². The van der Waals surface area contributed by atoms with Crippen LogP contribution in [0.2, 0.25) is 5.02 Å². The summed E-state index contributed by atoms with van der Waals surface area (Å²) in [5.41, 5.74) is 3.39. The highest BCUT2D eigenvalue weighted by molar-refractivity contribution is 6.31. The van der Waals surface area contributed by atoms with Gasteiger partial charge in [0.2, 0.25) is 0 Å². The van der Waals surface area contributed by atoms with Gasteiger partial charge in [-0.1, -0.05) is 11.6 Å². The summed E-state index contributed by atoms with van der Waals surface area (Å²) in [6.07, 6.45) is 1.47. The third-order valence-electron chi connectivity index (χ3n) is 3.21. The van der Waals surface area contributed by atoms with Crippen LogP contribution in [0, 0.1) is 0 Å². The number of methoxy groups -OCH3 is 3. The first-order valence-corrected chi connectivity index (χ1v) is 7.35. The van der Waals surface area contributed by atoms with Crippen molar-refractivity contribution in [2.45, 2.75) is 0 Å². The van der Waals surface area contributed by atoms with Crippen molar-refractivity contribution in [1.29, 1.82) is 0 Å². The quantitative estimate of drug-likeness (QED) is 0.643. The van der Waals surface area contributed by atoms with Gasteiger partial charge in [0.1, 0.15) is 17.2 Å². The van der Waals surface area contributed by atoms with Crippen molar-refractivity contribution >= 4 is 23.7 Å². The molecule has 0 fully saturated rings. The number of nitrogens with one attached hydrogen (secondary N) is 1. The van der Waals surface area contributed by atoms with E-state index in [1.165, 1.54) is 19.4 Å². The average Bonchev–Trinajstić information content (AvgIpc) is 2.61. The number of carbonyl (C=O) groups is 1. The fraction of sp³-hybridized carbons (Fsp3) is 0.176. The molecule has 2 aromatic rings. The third-order valence-corrected chi connectivity index (χ3v) is 3.45. The summed E-state index contributed by atoms with van der Waals surface area (Å²) >= 11 is 5.92. The van der Waals surface area contributed by atoms with Gasteiger partial charge in [0, 0.05) is 10.6 Å². The highest BCUT2D eigenvalue weighted by Crippen LogP contribution is 2.23. The molecule has 126 valence electrons. The number of halogens is 1. The van der Waals surface area contributed by atoms with Gasteiger partial charge in [-0.2, -0.15) is 5.10 Å². The summed E-state index contributed by atoms with van der Waals surface area (Å²) in [7, 11) is 4.59. The Labute approximate surface area is 145 Å². The Kier molecular flexibility index (Phi) is 6.03. The molecule has 0 aliphatic rings. The van der Waals surface area contributed by atoms with Crippen LogP contribution < -0.4 is 19.6 Å². The summed E-state index contributed by atoms with van der Waals surface area (Å²) in [5, 5.41) is 4.38. The zero-order valence-corrected chi connectivity index (χ0v) is 14.3. The van der Waals surface area contributed by atoms with Crippen LogP contribution in [-0.4, -0.2) is 33.5 Å². The van der Waals surface area contributed by atoms with Gasteiger partial charge in [0.15, 0.2) is 0 Å². The van der Waals surface area contributed by atoms with Crippen LogP contribution in [0.25, 0.3) is 0 Å². The van der Waals surface area contributed by atoms with Crippen molar-refractivity contribution in [3.63, 3.8) is 0 Å². The molecule has 0 saturated heterocycles. The van der Waals surface area contributed by atoms with Crippen LogP contribution in [0.1, 0.15) is 15.9 Å². The molecule has 0 unspecified atom stereocenters. The summed E-state index contributed by atoms with van der Waals surface area (Å²) in [5.74, 6) is 1.23. The second-order valence-corrected chi connectivity index (χ2v) is 5.09. The van der Waals surface area contributed by atoms with Gasteiger partial charge in [-0.15, -0.1) is 0 Å². The van der Waals surface area contributed by atoms with Crippen molar-refractivity contribution in [3.05, 3.63) is 52.5 Å². The second kappa shape index (κ2) is 8.21. The van der Waals surface area contributed by atoms with Crippen molar-refractivity contribution in [2.24, 2.45) is 5.10 Å². The highest BCUT2D eigenvalue weighted by Gasteiger charge is 2.12. The van der Waals surface area contributed by atoms with Crippen molar-refractivity contribution in [1.82, 2.24) is 5.43 Å². The number of amides is 1. The Morgan fingerprint density at radius 1 is 1.04 bits per heavy atom. The van der Waals surface area contributed by atoms with Gasteiger partial charge in [0.05, 0.1) is 33.1 Å². The Hall–Kier alpha value is -2.73. The fourth-order valence-corrected chi connectivity index (χ4v) is 2.19. The maximum Gasteiger partial charge on any atom is 0.275 e. The number of hydrogen-bond donors (Lipinski definition) is 1. The van der Waals surface area contributed by atoms with E-state index in [2.05, 4.69) is 10.5 Å². The highest BCUT2D eigenvalue weighted by atomic mass is 35.5. The number of hydrazone groups is 1. The SMILES string of the molecule is COc1ccc(OC)c(C=NNC(=O)c2cc(Cl)ccc2OC)c1. The number of benzene rings is 2. The Morgan fingerprint density at radius 3 is 2.42 bits per heavy atom. The summed E-state index contributed by atoms with van der Waals surface area (Å²) in [4.78, 5) is 12.2. The molecule has 6 nitrogen and oxygen atoms in total. The molecule has 0 bridgehead atoms. The average molecular weight is 349 g/mol. The molecule has 0 saturated carbocycles. The number of rotatable bonds is 6. The molecule has 0 spiro atoms. The van der Waals surface area contributed by atoms with E-state index in [0.717, 1.165) is 0 Å². The zero-order chi connectivity index (χ0) is 17.5. The zero-order valence-electron chi connectivity index (χ0n) is 13.5. The molecule has 0 aliphatic carbocycles. The molecular weight excluding hydrogens is 332 g/mol. The predicted octanol–water partition coefficient (Wildman–Crippen LogP) is 3.13. The molecular formula is C17H17ClN2O4. The van der Waals surface area contributed by atoms with Crippen LogP contribution >= 0.6 is 11.6 Å². The maximum atomic E-state index is 12.2. The molecule has 1 amide bonds. The van der Waals surface area contributed by atoms with E-state index >= 15 is 0 Å². The first-order chi connectivity index (χ1) is 11.6. The van der Waals surface area contributed by atoms with Crippen molar-refractivity contribution in [3.8, 4) is 17.2 Å². The lowest BCUT2D eigenvalue weighted by Crippen LogP contribution is -2.18. The van der Waals surface area contributed by atoms with Crippen LogP contribution in [0.5, 0.6) is 17.2 Å². The minimum atomic E-state index is -0.438. The van der Waals surface area contributed by atoms with Gasteiger partial charge in [-0.25, -0.2) is 5.43 Å². The topological polar surface area (TPSA) is 69.2 Å². The van der Waals surface area contributed by atoms with Crippen LogP contribution in [-0.2, 0) is 0 Å². The fourth-order valence-electron chi connectivity index (χ4n) is 2.02. The third kappa shape index (κ3) is 4.17. The smallest absolute Gasteiger partial charge is 0.275 e. The van der Waals surface area contributed by atoms with E-state index in [9.17, 15) is 4.79 Å². The van der Waals surface area contributed by atoms with Crippen molar-refractivity contribution in [2.75, 3.05) is 21.3 Å². The molecule has 0 heterocycles. The minimum Gasteiger partial charge on any atom is -0.497 e.